The number of nitrogens with zero attached hydrogens (tertiary/aromatic N) is 2. The fourth-order valence-corrected chi connectivity index (χ4v) is 1.80. The zero-order valence-corrected chi connectivity index (χ0v) is 9.93. The Morgan fingerprint density at radius 3 is 2.94 bits per heavy atom. The monoisotopic (exact) mass is 247 g/mol. The highest BCUT2D eigenvalue weighted by Gasteiger charge is 2.19. The number of rotatable bonds is 2. The van der Waals surface area contributed by atoms with Crippen molar-refractivity contribution in [1.29, 1.82) is 0 Å². The molecule has 0 saturated heterocycles. The standard InChI is InChI=1S/C12H13N3O3/c1-7(12(17)18)8-3-9-5-15(2)6-10(16)14-11(9)13-4-8/h3-4H,1,5-6H2,2H3,(H,17,18)(H,13,14,16). The second kappa shape index (κ2) is 4.58. The van der Waals surface area contributed by atoms with E-state index < -0.39 is 5.97 Å². The van der Waals surface area contributed by atoms with Crippen molar-refractivity contribution < 1.29 is 14.7 Å². The summed E-state index contributed by atoms with van der Waals surface area (Å²) in [4.78, 5) is 28.2. The molecule has 0 bridgehead atoms. The van der Waals surface area contributed by atoms with E-state index in [4.69, 9.17) is 5.11 Å². The van der Waals surface area contributed by atoms with Crippen molar-refractivity contribution in [3.05, 3.63) is 30.0 Å². The van der Waals surface area contributed by atoms with Crippen LogP contribution in [0.2, 0.25) is 0 Å². The number of carbonyl (C=O) groups excluding carboxylic acids is 1. The van der Waals surface area contributed by atoms with Gasteiger partial charge in [0.1, 0.15) is 5.82 Å². The number of carboxylic acid groups (broad SMARTS) is 1. The third kappa shape index (κ3) is 2.38. The SMILES string of the molecule is C=C(C(=O)O)c1cnc2c(c1)CN(C)CC(=O)N2. The van der Waals surface area contributed by atoms with Gasteiger partial charge in [0.05, 0.1) is 12.1 Å². The summed E-state index contributed by atoms with van der Waals surface area (Å²) in [5.74, 6) is -0.734. The molecule has 1 amide bonds. The molecule has 1 aromatic rings. The lowest BCUT2D eigenvalue weighted by Crippen LogP contribution is -2.26. The molecule has 1 aromatic heterocycles. The second-order valence-electron chi connectivity index (χ2n) is 4.24. The molecule has 0 aliphatic carbocycles. The number of pyridine rings is 1. The summed E-state index contributed by atoms with van der Waals surface area (Å²) in [5.41, 5.74) is 1.22. The molecule has 2 rings (SSSR count). The van der Waals surface area contributed by atoms with Crippen LogP contribution >= 0.6 is 0 Å². The van der Waals surface area contributed by atoms with Gasteiger partial charge < -0.3 is 10.4 Å². The number of hydrogen-bond donors (Lipinski definition) is 2. The molecule has 6 nitrogen and oxygen atoms in total. The fraction of sp³-hybridized carbons (Fsp3) is 0.250. The number of nitrogens with one attached hydrogen (secondary N) is 1. The van der Waals surface area contributed by atoms with Crippen LogP contribution in [0.25, 0.3) is 5.57 Å². The van der Waals surface area contributed by atoms with Crippen LogP contribution in [0, 0.1) is 0 Å². The molecule has 18 heavy (non-hydrogen) atoms. The molecular weight excluding hydrogens is 234 g/mol. The van der Waals surface area contributed by atoms with Crippen LogP contribution in [0.1, 0.15) is 11.1 Å². The smallest absolute Gasteiger partial charge is 0.335 e. The van der Waals surface area contributed by atoms with Gasteiger partial charge in [-0.15, -0.1) is 0 Å². The number of carboxylic acids is 1. The Balaban J connectivity index is 2.40. The average molecular weight is 247 g/mol. The second-order valence-corrected chi connectivity index (χ2v) is 4.24. The van der Waals surface area contributed by atoms with Crippen LogP contribution in [-0.2, 0) is 16.1 Å². The molecule has 6 heteroatoms. The largest absolute Gasteiger partial charge is 0.478 e. The molecule has 0 saturated carbocycles. The lowest BCUT2D eigenvalue weighted by atomic mass is 10.1. The van der Waals surface area contributed by atoms with E-state index in [0.29, 0.717) is 17.9 Å². The predicted octanol–water partition coefficient (Wildman–Crippen LogP) is 0.563. The van der Waals surface area contributed by atoms with Gasteiger partial charge in [0.2, 0.25) is 5.91 Å². The maximum absolute atomic E-state index is 11.5. The first kappa shape index (κ1) is 12.3. The summed E-state index contributed by atoms with van der Waals surface area (Å²) in [5, 5.41) is 11.6. The zero-order chi connectivity index (χ0) is 13.3. The maximum Gasteiger partial charge on any atom is 0.335 e. The van der Waals surface area contributed by atoms with Crippen molar-refractivity contribution in [2.24, 2.45) is 0 Å². The van der Waals surface area contributed by atoms with Crippen LogP contribution < -0.4 is 5.32 Å². The molecule has 0 aromatic carbocycles. The molecule has 0 fully saturated rings. The van der Waals surface area contributed by atoms with E-state index in [1.54, 1.807) is 6.07 Å². The van der Waals surface area contributed by atoms with Crippen LogP contribution in [0.3, 0.4) is 0 Å². The number of carbonyl (C=O) groups is 2. The summed E-state index contributed by atoms with van der Waals surface area (Å²) >= 11 is 0. The minimum absolute atomic E-state index is 0.0106. The minimum Gasteiger partial charge on any atom is -0.478 e. The Morgan fingerprint density at radius 1 is 1.56 bits per heavy atom. The molecular formula is C12H13N3O3. The molecule has 1 aliphatic heterocycles. The van der Waals surface area contributed by atoms with Crippen molar-refractivity contribution in [1.82, 2.24) is 9.88 Å². The summed E-state index contributed by atoms with van der Waals surface area (Å²) in [7, 11) is 1.81. The van der Waals surface area contributed by atoms with E-state index in [-0.39, 0.29) is 18.0 Å². The molecule has 0 unspecified atom stereocenters. The number of likely N-dealkylation sites (N-methyl/N-ethyl adjacent to an activating group) is 1. The molecule has 1 aliphatic rings. The third-order valence-corrected chi connectivity index (χ3v) is 2.68. The highest BCUT2D eigenvalue weighted by Crippen LogP contribution is 2.22. The maximum atomic E-state index is 11.5. The van der Waals surface area contributed by atoms with Gasteiger partial charge in [-0.2, -0.15) is 0 Å². The number of fused-ring (bicyclic) bond motifs is 1. The third-order valence-electron chi connectivity index (χ3n) is 2.68. The predicted molar refractivity (Wildman–Crippen MR) is 65.9 cm³/mol. The lowest BCUT2D eigenvalue weighted by molar-refractivity contribution is -0.130. The van der Waals surface area contributed by atoms with Gasteiger partial charge in [0.15, 0.2) is 0 Å². The summed E-state index contributed by atoms with van der Waals surface area (Å²) in [6.07, 6.45) is 1.40. The molecule has 94 valence electrons. The number of aliphatic carboxylic acids is 1. The van der Waals surface area contributed by atoms with E-state index in [1.165, 1.54) is 6.20 Å². The molecule has 0 spiro atoms. The van der Waals surface area contributed by atoms with E-state index >= 15 is 0 Å². The average Bonchev–Trinajstić information content (AvgIpc) is 2.43. The fourth-order valence-electron chi connectivity index (χ4n) is 1.80. The lowest BCUT2D eigenvalue weighted by Gasteiger charge is -2.12. The van der Waals surface area contributed by atoms with E-state index in [9.17, 15) is 9.59 Å². The van der Waals surface area contributed by atoms with Crippen molar-refractivity contribution in [2.45, 2.75) is 6.54 Å². The minimum atomic E-state index is -1.08. The van der Waals surface area contributed by atoms with Crippen LogP contribution in [-0.4, -0.2) is 40.5 Å². The Labute approximate surface area is 104 Å². The Bertz CT molecular complexity index is 539. The Hall–Kier alpha value is -2.21. The quantitative estimate of drug-likeness (QED) is 0.746. The van der Waals surface area contributed by atoms with Crippen molar-refractivity contribution in [3.8, 4) is 0 Å². The van der Waals surface area contributed by atoms with E-state index in [1.807, 2.05) is 11.9 Å². The first-order valence-corrected chi connectivity index (χ1v) is 5.37. The van der Waals surface area contributed by atoms with E-state index in [0.717, 1.165) is 5.56 Å². The van der Waals surface area contributed by atoms with Crippen LogP contribution in [0.4, 0.5) is 5.82 Å². The first-order chi connectivity index (χ1) is 8.47. The van der Waals surface area contributed by atoms with Crippen molar-refractivity contribution >= 4 is 23.3 Å². The van der Waals surface area contributed by atoms with Crippen molar-refractivity contribution in [2.75, 3.05) is 18.9 Å². The van der Waals surface area contributed by atoms with Gasteiger partial charge in [0, 0.05) is 23.9 Å². The molecule has 0 radical (unpaired) electrons. The van der Waals surface area contributed by atoms with E-state index in [2.05, 4.69) is 16.9 Å². The molecule has 2 N–H and O–H groups in total. The van der Waals surface area contributed by atoms with Crippen molar-refractivity contribution in [3.63, 3.8) is 0 Å². The first-order valence-electron chi connectivity index (χ1n) is 5.37. The Kier molecular flexibility index (Phi) is 3.12. The molecule has 0 atom stereocenters. The summed E-state index contributed by atoms with van der Waals surface area (Å²) in [6, 6.07) is 1.70. The van der Waals surface area contributed by atoms with Gasteiger partial charge >= 0.3 is 5.97 Å². The number of hydrogen-bond acceptors (Lipinski definition) is 4. The highest BCUT2D eigenvalue weighted by atomic mass is 16.4. The Morgan fingerprint density at radius 2 is 2.28 bits per heavy atom. The van der Waals surface area contributed by atoms with Crippen LogP contribution in [0.5, 0.6) is 0 Å². The highest BCUT2D eigenvalue weighted by molar-refractivity contribution is 6.14. The molecule has 2 heterocycles. The zero-order valence-electron chi connectivity index (χ0n) is 9.93. The topological polar surface area (TPSA) is 82.5 Å². The van der Waals surface area contributed by atoms with Crippen LogP contribution in [0.15, 0.2) is 18.8 Å². The number of anilines is 1. The summed E-state index contributed by atoms with van der Waals surface area (Å²) in [6.45, 7) is 4.30. The normalized spacial score (nSPS) is 15.5. The van der Waals surface area contributed by atoms with Gasteiger partial charge in [-0.3, -0.25) is 9.69 Å². The van der Waals surface area contributed by atoms with Gasteiger partial charge in [-0.25, -0.2) is 9.78 Å². The van der Waals surface area contributed by atoms with Gasteiger partial charge in [-0.1, -0.05) is 6.58 Å². The van der Waals surface area contributed by atoms with Gasteiger partial charge in [0.25, 0.3) is 0 Å². The number of amides is 1. The van der Waals surface area contributed by atoms with Gasteiger partial charge in [-0.05, 0) is 13.1 Å². The summed E-state index contributed by atoms with van der Waals surface area (Å²) < 4.78 is 0. The number of aromatic nitrogens is 1.